The van der Waals surface area contributed by atoms with Gasteiger partial charge in [-0.15, -0.1) is 0 Å². The number of carbonyl (C=O) groups excluding carboxylic acids is 4. The lowest BCUT2D eigenvalue weighted by Gasteiger charge is -2.44. The molecular formula is C32H36O14. The maximum Gasteiger partial charge on any atom is 0.331 e. The topological polar surface area (TPSA) is 179 Å². The predicted octanol–water partition coefficient (Wildman–Crippen LogP) is 2.88. The molecule has 14 heteroatoms. The summed E-state index contributed by atoms with van der Waals surface area (Å²) in [6, 6.07) is 12.0. The highest BCUT2D eigenvalue weighted by molar-refractivity contribution is 5.93. The van der Waals surface area contributed by atoms with E-state index < -0.39 is 67.2 Å². The molecule has 0 spiro atoms. The van der Waals surface area contributed by atoms with Crippen molar-refractivity contribution < 1.29 is 67.0 Å². The highest BCUT2D eigenvalue weighted by Gasteiger charge is 2.53. The van der Waals surface area contributed by atoms with Crippen molar-refractivity contribution in [3.05, 3.63) is 59.2 Å². The van der Waals surface area contributed by atoms with Crippen LogP contribution in [0.25, 0.3) is 6.08 Å². The molecule has 0 radical (unpaired) electrons. The number of carbonyl (C=O) groups is 5. The molecule has 3 rings (SSSR count). The first-order chi connectivity index (χ1) is 21.8. The number of esters is 4. The molecule has 2 aromatic rings. The van der Waals surface area contributed by atoms with Crippen LogP contribution in [0.4, 0.5) is 0 Å². The van der Waals surface area contributed by atoms with Crippen LogP contribution in [0.1, 0.15) is 38.8 Å². The maximum atomic E-state index is 12.2. The highest BCUT2D eigenvalue weighted by atomic mass is 16.7. The second kappa shape index (κ2) is 16.3. The first-order valence-electron chi connectivity index (χ1n) is 14.0. The number of rotatable bonds is 13. The summed E-state index contributed by atoms with van der Waals surface area (Å²) in [6.45, 7) is 4.02. The number of ether oxygens (including phenoxy) is 8. The molecule has 46 heavy (non-hydrogen) atoms. The van der Waals surface area contributed by atoms with Gasteiger partial charge in [0.2, 0.25) is 18.1 Å². The molecule has 0 unspecified atom stereocenters. The van der Waals surface area contributed by atoms with Crippen LogP contribution in [0.3, 0.4) is 0 Å². The largest absolute Gasteiger partial charge is 0.493 e. The molecule has 0 saturated carbocycles. The maximum absolute atomic E-state index is 12.2. The number of hydrogen-bond donors (Lipinski definition) is 1. The third-order valence-electron chi connectivity index (χ3n) is 6.52. The summed E-state index contributed by atoms with van der Waals surface area (Å²) >= 11 is 0. The van der Waals surface area contributed by atoms with E-state index in [-0.39, 0.29) is 29.2 Å². The minimum atomic E-state index is -1.56. The van der Waals surface area contributed by atoms with Gasteiger partial charge in [-0.3, -0.25) is 19.2 Å². The van der Waals surface area contributed by atoms with Gasteiger partial charge in [0.1, 0.15) is 12.7 Å². The van der Waals surface area contributed by atoms with Crippen molar-refractivity contribution in [3.63, 3.8) is 0 Å². The fourth-order valence-electron chi connectivity index (χ4n) is 4.70. The van der Waals surface area contributed by atoms with Crippen molar-refractivity contribution in [2.75, 3.05) is 20.8 Å². The minimum absolute atomic E-state index is 0.0528. The van der Waals surface area contributed by atoms with E-state index in [1.165, 1.54) is 32.4 Å². The molecular weight excluding hydrogens is 608 g/mol. The summed E-state index contributed by atoms with van der Waals surface area (Å²) in [7, 11) is 2.68. The van der Waals surface area contributed by atoms with Crippen LogP contribution in [0.15, 0.2) is 48.0 Å². The Morgan fingerprint density at radius 2 is 1.33 bits per heavy atom. The minimum Gasteiger partial charge on any atom is -0.493 e. The van der Waals surface area contributed by atoms with Gasteiger partial charge in [0.15, 0.2) is 23.7 Å². The molecule has 0 aromatic heterocycles. The van der Waals surface area contributed by atoms with Crippen LogP contribution in [-0.2, 0) is 54.1 Å². The lowest BCUT2D eigenvalue weighted by Crippen LogP contribution is -2.63. The first-order valence-corrected chi connectivity index (χ1v) is 14.0. The van der Waals surface area contributed by atoms with Crippen molar-refractivity contribution in [1.29, 1.82) is 0 Å². The molecule has 1 aliphatic heterocycles. The molecule has 1 fully saturated rings. The summed E-state index contributed by atoms with van der Waals surface area (Å²) in [6.07, 6.45) is -5.54. The summed E-state index contributed by atoms with van der Waals surface area (Å²) in [4.78, 5) is 60.1. The van der Waals surface area contributed by atoms with Gasteiger partial charge in [0.25, 0.3) is 0 Å². The molecule has 0 bridgehead atoms. The average Bonchev–Trinajstić information content (AvgIpc) is 2.98. The van der Waals surface area contributed by atoms with Gasteiger partial charge in [-0.1, -0.05) is 30.3 Å². The average molecular weight is 645 g/mol. The first kappa shape index (κ1) is 35.4. The zero-order valence-electron chi connectivity index (χ0n) is 26.2. The quantitative estimate of drug-likeness (QED) is 0.191. The van der Waals surface area contributed by atoms with Crippen molar-refractivity contribution in [2.24, 2.45) is 0 Å². The Bertz CT molecular complexity index is 1420. The standard InChI is InChI=1S/C32H36O14/c1-17(33)41-16-26-28(42-18(2)34)29(43-19(3)35)30(44-20(4)36)32(45-26)46-27-24(39-5)14-22(15-25(27)40-6)13-23(31(37)38)12-21-10-8-7-9-11-21/h7-11,13-15,26,28-30,32H,12,16H2,1-6H3,(H,37,38)/t26-,28-,29+,30+,32-/m1/s1. The van der Waals surface area contributed by atoms with Crippen LogP contribution in [0.2, 0.25) is 0 Å². The Morgan fingerprint density at radius 1 is 0.783 bits per heavy atom. The van der Waals surface area contributed by atoms with Crippen molar-refractivity contribution >= 4 is 35.9 Å². The van der Waals surface area contributed by atoms with E-state index >= 15 is 0 Å². The zero-order valence-corrected chi connectivity index (χ0v) is 26.2. The van der Waals surface area contributed by atoms with Gasteiger partial charge in [0.05, 0.1) is 14.2 Å². The molecule has 1 heterocycles. The van der Waals surface area contributed by atoms with Crippen molar-refractivity contribution in [2.45, 2.75) is 64.8 Å². The van der Waals surface area contributed by atoms with Crippen LogP contribution < -0.4 is 14.2 Å². The summed E-state index contributed by atoms with van der Waals surface area (Å²) in [5.74, 6) is -4.10. The predicted molar refractivity (Wildman–Crippen MR) is 158 cm³/mol. The van der Waals surface area contributed by atoms with Crippen molar-refractivity contribution in [3.8, 4) is 17.2 Å². The van der Waals surface area contributed by atoms with Gasteiger partial charge in [-0.05, 0) is 29.3 Å². The fourth-order valence-corrected chi connectivity index (χ4v) is 4.70. The Morgan fingerprint density at radius 3 is 1.83 bits per heavy atom. The molecule has 1 saturated heterocycles. The fraction of sp³-hybridized carbons (Fsp3) is 0.406. The van der Waals surface area contributed by atoms with Gasteiger partial charge in [-0.25, -0.2) is 4.79 Å². The normalized spacial score (nSPS) is 20.9. The van der Waals surface area contributed by atoms with E-state index in [9.17, 15) is 29.1 Å². The van der Waals surface area contributed by atoms with Crippen LogP contribution >= 0.6 is 0 Å². The Balaban J connectivity index is 2.09. The second-order valence-electron chi connectivity index (χ2n) is 10.1. The Kier molecular flexibility index (Phi) is 12.5. The lowest BCUT2D eigenvalue weighted by molar-refractivity contribution is -0.288. The van der Waals surface area contributed by atoms with E-state index in [4.69, 9.17) is 37.9 Å². The second-order valence-corrected chi connectivity index (χ2v) is 10.1. The van der Waals surface area contributed by atoms with Crippen LogP contribution in [-0.4, -0.2) is 86.5 Å². The van der Waals surface area contributed by atoms with Gasteiger partial charge < -0.3 is 43.0 Å². The van der Waals surface area contributed by atoms with Crippen LogP contribution in [0.5, 0.6) is 17.2 Å². The number of hydrogen-bond acceptors (Lipinski definition) is 13. The number of methoxy groups -OCH3 is 2. The van der Waals surface area contributed by atoms with Gasteiger partial charge in [0, 0.05) is 39.7 Å². The number of carboxylic acid groups (broad SMARTS) is 1. The molecule has 248 valence electrons. The molecule has 1 N–H and O–H groups in total. The molecule has 14 nitrogen and oxygen atoms in total. The molecule has 5 atom stereocenters. The van der Waals surface area contributed by atoms with E-state index in [0.29, 0.717) is 5.56 Å². The Hall–Kier alpha value is -5.11. The molecule has 0 amide bonds. The van der Waals surface area contributed by atoms with E-state index in [1.807, 2.05) is 18.2 Å². The smallest absolute Gasteiger partial charge is 0.331 e. The van der Waals surface area contributed by atoms with Crippen molar-refractivity contribution in [1.82, 2.24) is 0 Å². The summed E-state index contributed by atoms with van der Waals surface area (Å²) in [5, 5.41) is 9.88. The third-order valence-corrected chi connectivity index (χ3v) is 6.52. The molecule has 2 aromatic carbocycles. The van der Waals surface area contributed by atoms with Gasteiger partial charge in [-0.2, -0.15) is 0 Å². The number of aliphatic carboxylic acids is 1. The Labute approximate surface area is 265 Å². The van der Waals surface area contributed by atoms with Gasteiger partial charge >= 0.3 is 29.8 Å². The third kappa shape index (κ3) is 9.69. The summed E-state index contributed by atoms with van der Waals surface area (Å²) in [5.41, 5.74) is 1.28. The highest BCUT2D eigenvalue weighted by Crippen LogP contribution is 2.42. The number of carboxylic acids is 1. The molecule has 1 aliphatic rings. The monoisotopic (exact) mass is 644 g/mol. The van der Waals surface area contributed by atoms with E-state index in [0.717, 1.165) is 33.3 Å². The van der Waals surface area contributed by atoms with E-state index in [2.05, 4.69) is 0 Å². The van der Waals surface area contributed by atoms with E-state index in [1.54, 1.807) is 12.1 Å². The lowest BCUT2D eigenvalue weighted by atomic mass is 9.98. The number of benzene rings is 2. The summed E-state index contributed by atoms with van der Waals surface area (Å²) < 4.78 is 44.7. The SMILES string of the molecule is COc1cc(C=C(Cc2ccccc2)C(=O)O)cc(OC)c1O[C@H]1O[C@H](COC(C)=O)[C@@H](OC(C)=O)[C@H](OC(C)=O)[C@@H]1OC(C)=O. The van der Waals surface area contributed by atoms with Crippen LogP contribution in [0, 0.1) is 0 Å². The molecule has 0 aliphatic carbocycles. The zero-order chi connectivity index (χ0) is 34.0.